The van der Waals surface area contributed by atoms with Crippen molar-refractivity contribution < 1.29 is 19.2 Å². The largest absolute Gasteiger partial charge is 0.490 e. The highest BCUT2D eigenvalue weighted by Gasteiger charge is 2.39. The number of halogens is 1. The van der Waals surface area contributed by atoms with Crippen LogP contribution in [0.25, 0.3) is 6.08 Å². The SMILES string of the molecule is CCOc1cc(C=C2SC(=NC3CCCCC3)N(C3CCCCC3)C2=O)cc(Cl)c1OCc1cccc([N+](=O)[O-])c1. The monoisotopic (exact) mass is 597 g/mol. The van der Waals surface area contributed by atoms with Crippen LogP contribution in [0, 0.1) is 10.1 Å². The summed E-state index contributed by atoms with van der Waals surface area (Å²) in [6.45, 7) is 2.36. The predicted octanol–water partition coefficient (Wildman–Crippen LogP) is 8.16. The lowest BCUT2D eigenvalue weighted by atomic mass is 9.94. The summed E-state index contributed by atoms with van der Waals surface area (Å²) >= 11 is 8.15. The molecule has 0 atom stereocenters. The fourth-order valence-electron chi connectivity index (χ4n) is 5.75. The first kappa shape index (κ1) is 29.5. The van der Waals surface area contributed by atoms with Crippen LogP contribution in [0.2, 0.25) is 5.02 Å². The molecule has 1 saturated heterocycles. The molecule has 2 saturated carbocycles. The number of amides is 1. The van der Waals surface area contributed by atoms with Gasteiger partial charge < -0.3 is 9.47 Å². The van der Waals surface area contributed by atoms with Crippen LogP contribution >= 0.6 is 23.4 Å². The highest BCUT2D eigenvalue weighted by Crippen LogP contribution is 2.41. The molecule has 3 aliphatic rings. The van der Waals surface area contributed by atoms with E-state index in [0.717, 1.165) is 49.3 Å². The van der Waals surface area contributed by atoms with Gasteiger partial charge in [-0.3, -0.25) is 24.8 Å². The number of hydrogen-bond acceptors (Lipinski definition) is 7. The van der Waals surface area contributed by atoms with Crippen molar-refractivity contribution in [3.8, 4) is 11.5 Å². The predicted molar refractivity (Wildman–Crippen MR) is 164 cm³/mol. The smallest absolute Gasteiger partial charge is 0.269 e. The summed E-state index contributed by atoms with van der Waals surface area (Å²) in [6, 6.07) is 10.3. The van der Waals surface area contributed by atoms with Gasteiger partial charge in [-0.2, -0.15) is 0 Å². The maximum absolute atomic E-state index is 13.8. The van der Waals surface area contributed by atoms with E-state index in [1.807, 2.05) is 24.0 Å². The zero-order chi connectivity index (χ0) is 28.8. The molecular weight excluding hydrogens is 562 g/mol. The van der Waals surface area contributed by atoms with Crippen LogP contribution in [0.15, 0.2) is 46.3 Å². The molecular formula is C31H36ClN3O5S. The van der Waals surface area contributed by atoms with Gasteiger partial charge in [0.25, 0.3) is 11.6 Å². The average molecular weight is 598 g/mol. The fraction of sp³-hybridized carbons (Fsp3) is 0.484. The summed E-state index contributed by atoms with van der Waals surface area (Å²) in [5.74, 6) is 0.820. The normalized spacial score (nSPS) is 20.6. The minimum absolute atomic E-state index is 0.00315. The number of non-ortho nitro benzene ring substituents is 1. The summed E-state index contributed by atoms with van der Waals surface area (Å²) < 4.78 is 11.9. The molecule has 10 heteroatoms. The van der Waals surface area contributed by atoms with Crippen LogP contribution in [-0.2, 0) is 11.4 Å². The molecule has 5 rings (SSSR count). The Morgan fingerprint density at radius 2 is 1.80 bits per heavy atom. The lowest BCUT2D eigenvalue weighted by Gasteiger charge is -2.31. The number of carbonyl (C=O) groups excluding carboxylic acids is 1. The number of ether oxygens (including phenoxy) is 2. The van der Waals surface area contributed by atoms with Gasteiger partial charge in [0.2, 0.25) is 0 Å². The number of amidine groups is 1. The van der Waals surface area contributed by atoms with Gasteiger partial charge in [0, 0.05) is 18.2 Å². The molecule has 2 aromatic rings. The number of aliphatic imine (C=N–C) groups is 1. The zero-order valence-electron chi connectivity index (χ0n) is 23.4. The maximum atomic E-state index is 13.8. The summed E-state index contributed by atoms with van der Waals surface area (Å²) in [4.78, 5) is 32.2. The second-order valence-electron chi connectivity index (χ2n) is 10.8. The molecule has 8 nitrogen and oxygen atoms in total. The van der Waals surface area contributed by atoms with E-state index in [2.05, 4.69) is 0 Å². The summed E-state index contributed by atoms with van der Waals surface area (Å²) in [5.41, 5.74) is 1.38. The van der Waals surface area contributed by atoms with E-state index in [4.69, 9.17) is 26.1 Å². The second-order valence-corrected chi connectivity index (χ2v) is 12.2. The number of nitro groups is 1. The molecule has 0 aromatic heterocycles. The van der Waals surface area contributed by atoms with Crippen molar-refractivity contribution in [2.45, 2.75) is 89.8 Å². The van der Waals surface area contributed by atoms with E-state index < -0.39 is 4.92 Å². The van der Waals surface area contributed by atoms with Crippen LogP contribution in [0.5, 0.6) is 11.5 Å². The fourth-order valence-corrected chi connectivity index (χ4v) is 7.13. The molecule has 0 unspecified atom stereocenters. The number of thioether (sulfide) groups is 1. The Balaban J connectivity index is 1.40. The van der Waals surface area contributed by atoms with E-state index in [0.29, 0.717) is 33.6 Å². The first-order valence-electron chi connectivity index (χ1n) is 14.6. The summed E-state index contributed by atoms with van der Waals surface area (Å²) in [7, 11) is 0. The first-order valence-corrected chi connectivity index (χ1v) is 15.8. The van der Waals surface area contributed by atoms with Gasteiger partial charge in [-0.1, -0.05) is 62.3 Å². The van der Waals surface area contributed by atoms with Gasteiger partial charge in [0.15, 0.2) is 16.7 Å². The number of rotatable bonds is 9. The number of nitro benzene ring substituents is 1. The van der Waals surface area contributed by atoms with Gasteiger partial charge >= 0.3 is 0 Å². The number of nitrogens with zero attached hydrogens (tertiary/aromatic N) is 3. The Kier molecular flexibility index (Phi) is 9.88. The lowest BCUT2D eigenvalue weighted by molar-refractivity contribution is -0.384. The first-order chi connectivity index (χ1) is 19.9. The minimum atomic E-state index is -0.437. The van der Waals surface area contributed by atoms with E-state index in [1.165, 1.54) is 49.6 Å². The Hall–Kier alpha value is -3.04. The minimum Gasteiger partial charge on any atom is -0.490 e. The standard InChI is InChI=1S/C31H36ClN3O5S/c1-2-39-27-18-22(17-26(32)29(27)40-20-21-10-9-15-25(16-21)35(37)38)19-28-30(36)34(24-13-7-4-8-14-24)31(41-28)33-23-11-5-3-6-12-23/h9-10,15-19,23-24H,2-8,11-14,20H2,1H3. The van der Waals surface area contributed by atoms with Gasteiger partial charge in [-0.05, 0) is 73.7 Å². The van der Waals surface area contributed by atoms with Gasteiger partial charge in [0.05, 0.1) is 27.5 Å². The van der Waals surface area contributed by atoms with E-state index in [9.17, 15) is 14.9 Å². The maximum Gasteiger partial charge on any atom is 0.269 e. The molecule has 1 aliphatic heterocycles. The average Bonchev–Trinajstić information content (AvgIpc) is 3.27. The molecule has 1 heterocycles. The Bertz CT molecular complexity index is 1340. The quantitative estimate of drug-likeness (QED) is 0.164. The van der Waals surface area contributed by atoms with Crippen LogP contribution in [0.1, 0.15) is 82.3 Å². The molecule has 3 fully saturated rings. The highest BCUT2D eigenvalue weighted by atomic mass is 35.5. The molecule has 1 amide bonds. The highest BCUT2D eigenvalue weighted by molar-refractivity contribution is 8.18. The van der Waals surface area contributed by atoms with Gasteiger partial charge in [-0.15, -0.1) is 0 Å². The van der Waals surface area contributed by atoms with Gasteiger partial charge in [-0.25, -0.2) is 0 Å². The molecule has 0 radical (unpaired) electrons. The third kappa shape index (κ3) is 7.25. The molecule has 0 bridgehead atoms. The second kappa shape index (κ2) is 13.7. The van der Waals surface area contributed by atoms with Crippen molar-refractivity contribution in [2.75, 3.05) is 6.61 Å². The van der Waals surface area contributed by atoms with E-state index >= 15 is 0 Å². The molecule has 2 aromatic carbocycles. The topological polar surface area (TPSA) is 94.3 Å². The van der Waals surface area contributed by atoms with Gasteiger partial charge in [0.1, 0.15) is 6.61 Å². The van der Waals surface area contributed by atoms with Crippen LogP contribution < -0.4 is 9.47 Å². The van der Waals surface area contributed by atoms with Crippen LogP contribution in [0.3, 0.4) is 0 Å². The van der Waals surface area contributed by atoms with E-state index in [-0.39, 0.29) is 30.3 Å². The number of carbonyl (C=O) groups is 1. The van der Waals surface area contributed by atoms with Crippen molar-refractivity contribution in [3.63, 3.8) is 0 Å². The van der Waals surface area contributed by atoms with E-state index in [1.54, 1.807) is 18.2 Å². The van der Waals surface area contributed by atoms with Crippen molar-refractivity contribution in [2.24, 2.45) is 4.99 Å². The Morgan fingerprint density at radius 3 is 2.51 bits per heavy atom. The zero-order valence-corrected chi connectivity index (χ0v) is 24.9. The van der Waals surface area contributed by atoms with Crippen molar-refractivity contribution in [1.29, 1.82) is 0 Å². The Labute approximate surface area is 250 Å². The van der Waals surface area contributed by atoms with Crippen molar-refractivity contribution in [1.82, 2.24) is 4.90 Å². The molecule has 0 N–H and O–H groups in total. The van der Waals surface area contributed by atoms with Crippen LogP contribution in [0.4, 0.5) is 5.69 Å². The third-order valence-electron chi connectivity index (χ3n) is 7.78. The molecule has 0 spiro atoms. The summed E-state index contributed by atoms with van der Waals surface area (Å²) in [5, 5.41) is 12.3. The Morgan fingerprint density at radius 1 is 1.07 bits per heavy atom. The molecule has 41 heavy (non-hydrogen) atoms. The molecule has 218 valence electrons. The molecule has 2 aliphatic carbocycles. The summed E-state index contributed by atoms with van der Waals surface area (Å²) in [6.07, 6.45) is 13.2. The third-order valence-corrected chi connectivity index (χ3v) is 9.06. The number of benzene rings is 2. The van der Waals surface area contributed by atoms with Crippen LogP contribution in [-0.4, -0.2) is 39.6 Å². The van der Waals surface area contributed by atoms with Crippen molar-refractivity contribution in [3.05, 3.63) is 67.6 Å². The van der Waals surface area contributed by atoms with Crippen molar-refractivity contribution >= 4 is 46.2 Å². The number of hydrogen-bond donors (Lipinski definition) is 0. The lowest BCUT2D eigenvalue weighted by Crippen LogP contribution is -2.41.